The molecule has 0 bridgehead atoms. The highest BCUT2D eigenvalue weighted by Crippen LogP contribution is 2.27. The number of carbonyl (C=O) groups excluding carboxylic acids is 2. The summed E-state index contributed by atoms with van der Waals surface area (Å²) in [6, 6.07) is 11.3. The number of nitrogens with zero attached hydrogens (tertiary/aromatic N) is 3. The van der Waals surface area contributed by atoms with Crippen LogP contribution in [0.1, 0.15) is 44.6 Å². The number of esters is 1. The summed E-state index contributed by atoms with van der Waals surface area (Å²) in [5.74, 6) is -1.41. The molecular formula is C22H26N4O3. The highest BCUT2D eigenvalue weighted by molar-refractivity contribution is 5.99. The van der Waals surface area contributed by atoms with E-state index >= 15 is 0 Å². The Morgan fingerprint density at radius 3 is 2.31 bits per heavy atom. The average Bonchev–Trinajstić information content (AvgIpc) is 2.72. The molecule has 1 amide bonds. The van der Waals surface area contributed by atoms with Gasteiger partial charge in [-0.1, -0.05) is 31.4 Å². The zero-order valence-corrected chi connectivity index (χ0v) is 17.1. The Kier molecular flexibility index (Phi) is 7.39. The van der Waals surface area contributed by atoms with Crippen LogP contribution in [0.2, 0.25) is 0 Å². The first kappa shape index (κ1) is 22.0. The molecule has 7 heteroatoms. The Morgan fingerprint density at radius 2 is 1.79 bits per heavy atom. The Balaban J connectivity index is 2.03. The highest BCUT2D eigenvalue weighted by Gasteiger charge is 2.35. The molecule has 0 unspecified atom stereocenters. The summed E-state index contributed by atoms with van der Waals surface area (Å²) < 4.78 is 5.17. The van der Waals surface area contributed by atoms with Crippen molar-refractivity contribution < 1.29 is 14.3 Å². The van der Waals surface area contributed by atoms with E-state index < -0.39 is 23.5 Å². The van der Waals surface area contributed by atoms with Crippen LogP contribution >= 0.6 is 0 Å². The zero-order chi connectivity index (χ0) is 21.4. The van der Waals surface area contributed by atoms with E-state index in [2.05, 4.69) is 11.4 Å². The van der Waals surface area contributed by atoms with Crippen molar-refractivity contribution in [1.82, 2.24) is 5.32 Å². The standard InChI is InChI=1S/C22H26N4O3/c1-16(20(27)25-22(15-24)11-5-4-6-12-22)29-21(28)18(14-23)13-17-7-9-19(10-8-17)26(2)3/h7-10,13,16H,4-6,11-12H2,1-3H3,(H,25,27)/b18-13+/t16-/m1/s1. The molecule has 1 fully saturated rings. The topological polar surface area (TPSA) is 106 Å². The lowest BCUT2D eigenvalue weighted by Gasteiger charge is -2.32. The Bertz CT molecular complexity index is 854. The maximum atomic E-state index is 12.4. The summed E-state index contributed by atoms with van der Waals surface area (Å²) in [5, 5.41) is 21.5. The monoisotopic (exact) mass is 394 g/mol. The summed E-state index contributed by atoms with van der Waals surface area (Å²) in [6.45, 7) is 1.43. The number of rotatable bonds is 6. The smallest absolute Gasteiger partial charge is 0.349 e. The minimum absolute atomic E-state index is 0.199. The molecule has 0 heterocycles. The molecule has 1 N–H and O–H groups in total. The van der Waals surface area contributed by atoms with Crippen molar-refractivity contribution in [3.8, 4) is 12.1 Å². The third-order valence-electron chi connectivity index (χ3n) is 5.00. The van der Waals surface area contributed by atoms with Crippen molar-refractivity contribution >= 4 is 23.6 Å². The van der Waals surface area contributed by atoms with E-state index in [1.54, 1.807) is 12.1 Å². The highest BCUT2D eigenvalue weighted by atomic mass is 16.5. The first-order valence-corrected chi connectivity index (χ1v) is 9.64. The third kappa shape index (κ3) is 5.83. The molecule has 2 rings (SSSR count). The molecule has 29 heavy (non-hydrogen) atoms. The van der Waals surface area contributed by atoms with Gasteiger partial charge in [-0.3, -0.25) is 4.79 Å². The molecule has 1 aliphatic rings. The minimum atomic E-state index is -1.11. The van der Waals surface area contributed by atoms with Gasteiger partial charge in [0.15, 0.2) is 6.10 Å². The summed E-state index contributed by atoms with van der Waals surface area (Å²) in [6.07, 6.45) is 4.26. The van der Waals surface area contributed by atoms with Crippen molar-refractivity contribution in [3.63, 3.8) is 0 Å². The van der Waals surface area contributed by atoms with Gasteiger partial charge in [-0.15, -0.1) is 0 Å². The number of hydrogen-bond donors (Lipinski definition) is 1. The predicted octanol–water partition coefficient (Wildman–Crippen LogP) is 2.93. The Labute approximate surface area is 171 Å². The van der Waals surface area contributed by atoms with Crippen molar-refractivity contribution in [2.75, 3.05) is 19.0 Å². The third-order valence-corrected chi connectivity index (χ3v) is 5.00. The lowest BCUT2D eigenvalue weighted by Crippen LogP contribution is -2.52. The zero-order valence-electron chi connectivity index (χ0n) is 17.1. The van der Waals surface area contributed by atoms with Crippen LogP contribution in [0.15, 0.2) is 29.8 Å². The van der Waals surface area contributed by atoms with Crippen LogP contribution in [0.5, 0.6) is 0 Å². The van der Waals surface area contributed by atoms with Crippen molar-refractivity contribution in [3.05, 3.63) is 35.4 Å². The van der Waals surface area contributed by atoms with E-state index in [-0.39, 0.29) is 5.57 Å². The quantitative estimate of drug-likeness (QED) is 0.452. The number of ether oxygens (including phenoxy) is 1. The summed E-state index contributed by atoms with van der Waals surface area (Å²) in [4.78, 5) is 26.7. The Morgan fingerprint density at radius 1 is 1.17 bits per heavy atom. The van der Waals surface area contributed by atoms with Gasteiger partial charge < -0.3 is 15.0 Å². The lowest BCUT2D eigenvalue weighted by molar-refractivity contribution is -0.151. The Hall–Kier alpha value is -3.32. The van der Waals surface area contributed by atoms with Crippen LogP contribution in [-0.4, -0.2) is 37.6 Å². The second-order valence-electron chi connectivity index (χ2n) is 7.45. The number of amides is 1. The molecule has 0 saturated heterocycles. The molecular weight excluding hydrogens is 368 g/mol. The predicted molar refractivity (Wildman–Crippen MR) is 109 cm³/mol. The minimum Gasteiger partial charge on any atom is -0.448 e. The molecule has 1 atom stereocenters. The number of benzene rings is 1. The maximum Gasteiger partial charge on any atom is 0.349 e. The van der Waals surface area contributed by atoms with E-state index in [9.17, 15) is 20.1 Å². The van der Waals surface area contributed by atoms with Crippen LogP contribution in [0, 0.1) is 22.7 Å². The summed E-state index contributed by atoms with van der Waals surface area (Å²) >= 11 is 0. The number of nitriles is 2. The normalized spacial score (nSPS) is 16.7. The van der Waals surface area contributed by atoms with Gasteiger partial charge in [0, 0.05) is 19.8 Å². The number of anilines is 1. The first-order valence-electron chi connectivity index (χ1n) is 9.64. The molecule has 0 spiro atoms. The molecule has 1 saturated carbocycles. The summed E-state index contributed by atoms with van der Waals surface area (Å²) in [7, 11) is 3.83. The van der Waals surface area contributed by atoms with E-state index in [1.165, 1.54) is 13.0 Å². The molecule has 0 radical (unpaired) electrons. The lowest BCUT2D eigenvalue weighted by atomic mass is 9.83. The van der Waals surface area contributed by atoms with E-state index in [0.29, 0.717) is 18.4 Å². The molecule has 0 aliphatic heterocycles. The maximum absolute atomic E-state index is 12.4. The van der Waals surface area contributed by atoms with Gasteiger partial charge in [0.2, 0.25) is 0 Å². The molecule has 1 aromatic carbocycles. The van der Waals surface area contributed by atoms with Crippen molar-refractivity contribution in [1.29, 1.82) is 10.5 Å². The number of carbonyl (C=O) groups is 2. The van der Waals surface area contributed by atoms with Gasteiger partial charge in [0.25, 0.3) is 5.91 Å². The van der Waals surface area contributed by atoms with Gasteiger partial charge in [-0.2, -0.15) is 10.5 Å². The van der Waals surface area contributed by atoms with Crippen LogP contribution in [0.4, 0.5) is 5.69 Å². The fourth-order valence-corrected chi connectivity index (χ4v) is 3.21. The second-order valence-corrected chi connectivity index (χ2v) is 7.45. The van der Waals surface area contributed by atoms with Crippen molar-refractivity contribution in [2.45, 2.75) is 50.7 Å². The van der Waals surface area contributed by atoms with Crippen LogP contribution < -0.4 is 10.2 Å². The molecule has 1 aromatic rings. The van der Waals surface area contributed by atoms with Crippen molar-refractivity contribution in [2.24, 2.45) is 0 Å². The number of nitrogens with one attached hydrogen (secondary N) is 1. The first-order chi connectivity index (χ1) is 13.8. The van der Waals surface area contributed by atoms with E-state index in [0.717, 1.165) is 24.9 Å². The fourth-order valence-electron chi connectivity index (χ4n) is 3.21. The molecule has 0 aromatic heterocycles. The van der Waals surface area contributed by atoms with E-state index in [4.69, 9.17) is 4.74 Å². The van der Waals surface area contributed by atoms with Gasteiger partial charge in [-0.05, 0) is 43.5 Å². The number of hydrogen-bond acceptors (Lipinski definition) is 6. The fraction of sp³-hybridized carbons (Fsp3) is 0.455. The van der Waals surface area contributed by atoms with Gasteiger partial charge in [-0.25, -0.2) is 4.79 Å². The largest absolute Gasteiger partial charge is 0.448 e. The molecule has 7 nitrogen and oxygen atoms in total. The summed E-state index contributed by atoms with van der Waals surface area (Å²) in [5.41, 5.74) is 0.558. The second kappa shape index (κ2) is 9.75. The van der Waals surface area contributed by atoms with Gasteiger partial charge >= 0.3 is 5.97 Å². The van der Waals surface area contributed by atoms with Gasteiger partial charge in [0.05, 0.1) is 6.07 Å². The van der Waals surface area contributed by atoms with Gasteiger partial charge in [0.1, 0.15) is 17.2 Å². The van der Waals surface area contributed by atoms with E-state index in [1.807, 2.05) is 37.2 Å². The average molecular weight is 394 g/mol. The van der Waals surface area contributed by atoms with Crippen LogP contribution in [0.25, 0.3) is 6.08 Å². The molecule has 1 aliphatic carbocycles. The SMILES string of the molecule is C[C@@H](OC(=O)/C(C#N)=C/c1ccc(N(C)C)cc1)C(=O)NC1(C#N)CCCCC1. The van der Waals surface area contributed by atoms with Crippen LogP contribution in [-0.2, 0) is 14.3 Å². The molecule has 152 valence electrons. The van der Waals surface area contributed by atoms with Crippen LogP contribution in [0.3, 0.4) is 0 Å².